The van der Waals surface area contributed by atoms with Crippen LogP contribution in [0.5, 0.6) is 0 Å². The summed E-state index contributed by atoms with van der Waals surface area (Å²) in [5.74, 6) is 1.05. The maximum Gasteiger partial charge on any atom is 0.0360 e. The van der Waals surface area contributed by atoms with Crippen LogP contribution < -0.4 is 11.1 Å². The average molecular weight is 252 g/mol. The molecule has 0 aromatic heterocycles. The zero-order valence-corrected chi connectivity index (χ0v) is 12.1. The van der Waals surface area contributed by atoms with Crippen LogP contribution in [0, 0.1) is 11.8 Å². The maximum atomic E-state index is 5.90. The molecule has 2 unspecified atom stereocenters. The Kier molecular flexibility index (Phi) is 6.03. The summed E-state index contributed by atoms with van der Waals surface area (Å²) in [6.07, 6.45) is 2.10. The van der Waals surface area contributed by atoms with E-state index in [4.69, 9.17) is 5.73 Å². The van der Waals surface area contributed by atoms with E-state index in [1.54, 1.807) is 11.8 Å². The van der Waals surface area contributed by atoms with Crippen LogP contribution in [0.3, 0.4) is 0 Å². The molecule has 3 heteroatoms. The number of nitrogens with two attached hydrogens (primary N) is 1. The van der Waals surface area contributed by atoms with Gasteiger partial charge in [-0.3, -0.25) is 0 Å². The van der Waals surface area contributed by atoms with Crippen LogP contribution in [0.1, 0.15) is 25.5 Å². The minimum Gasteiger partial charge on any atom is -0.330 e. The highest BCUT2D eigenvalue weighted by atomic mass is 32.2. The van der Waals surface area contributed by atoms with E-state index in [2.05, 4.69) is 49.7 Å². The van der Waals surface area contributed by atoms with Gasteiger partial charge in [-0.05, 0) is 49.4 Å². The Hall–Kier alpha value is -0.510. The number of thioether (sulfide) groups is 1. The Balaban J connectivity index is 2.91. The normalized spacial score (nSPS) is 14.9. The molecule has 96 valence electrons. The topological polar surface area (TPSA) is 38.0 Å². The first kappa shape index (κ1) is 14.6. The van der Waals surface area contributed by atoms with E-state index in [0.29, 0.717) is 24.4 Å². The summed E-state index contributed by atoms with van der Waals surface area (Å²) in [7, 11) is 2.01. The first-order valence-electron chi connectivity index (χ1n) is 6.15. The minimum absolute atomic E-state index is 0.343. The molecule has 0 radical (unpaired) electrons. The zero-order chi connectivity index (χ0) is 12.8. The molecule has 1 rings (SSSR count). The maximum absolute atomic E-state index is 5.90. The summed E-state index contributed by atoms with van der Waals surface area (Å²) in [6.45, 7) is 5.18. The summed E-state index contributed by atoms with van der Waals surface area (Å²) in [6, 6.07) is 9.11. The Morgan fingerprint density at radius 3 is 2.18 bits per heavy atom. The molecule has 0 amide bonds. The molecule has 0 saturated carbocycles. The summed E-state index contributed by atoms with van der Waals surface area (Å²) in [4.78, 5) is 1.30. The predicted octanol–water partition coefficient (Wildman–Crippen LogP) is 2.90. The lowest BCUT2D eigenvalue weighted by atomic mass is 9.84. The molecule has 17 heavy (non-hydrogen) atoms. The van der Waals surface area contributed by atoms with E-state index in [1.807, 2.05) is 7.05 Å². The summed E-state index contributed by atoms with van der Waals surface area (Å²) in [5, 5.41) is 3.40. The van der Waals surface area contributed by atoms with Gasteiger partial charge in [-0.2, -0.15) is 0 Å². The van der Waals surface area contributed by atoms with Crippen molar-refractivity contribution in [3.05, 3.63) is 29.8 Å². The number of hydrogen-bond donors (Lipinski definition) is 2. The number of nitrogens with one attached hydrogen (secondary N) is 1. The van der Waals surface area contributed by atoms with Crippen molar-refractivity contribution >= 4 is 11.8 Å². The van der Waals surface area contributed by atoms with E-state index >= 15 is 0 Å². The SMILES string of the molecule is CNC(c1ccc(SC)cc1)C(CN)C(C)C. The molecule has 0 spiro atoms. The van der Waals surface area contributed by atoms with Crippen LogP contribution >= 0.6 is 11.8 Å². The summed E-state index contributed by atoms with van der Waals surface area (Å²) >= 11 is 1.77. The average Bonchev–Trinajstić information content (AvgIpc) is 2.35. The van der Waals surface area contributed by atoms with Gasteiger partial charge in [0.15, 0.2) is 0 Å². The van der Waals surface area contributed by atoms with Crippen molar-refractivity contribution in [2.45, 2.75) is 24.8 Å². The Bertz CT molecular complexity index is 321. The molecule has 2 nitrogen and oxygen atoms in total. The highest BCUT2D eigenvalue weighted by Gasteiger charge is 2.23. The molecular formula is C14H24N2S. The van der Waals surface area contributed by atoms with Crippen LogP contribution in [-0.4, -0.2) is 19.8 Å². The molecule has 0 fully saturated rings. The second-order valence-electron chi connectivity index (χ2n) is 4.68. The third-order valence-electron chi connectivity index (χ3n) is 3.34. The number of benzene rings is 1. The molecule has 1 aromatic rings. The predicted molar refractivity (Wildman–Crippen MR) is 77.4 cm³/mol. The molecule has 0 heterocycles. The summed E-state index contributed by atoms with van der Waals surface area (Å²) < 4.78 is 0. The highest BCUT2D eigenvalue weighted by molar-refractivity contribution is 7.98. The van der Waals surface area contributed by atoms with Gasteiger partial charge in [0.2, 0.25) is 0 Å². The Morgan fingerprint density at radius 1 is 1.24 bits per heavy atom. The number of rotatable bonds is 6. The smallest absolute Gasteiger partial charge is 0.0360 e. The van der Waals surface area contributed by atoms with Gasteiger partial charge in [0.05, 0.1) is 0 Å². The van der Waals surface area contributed by atoms with Gasteiger partial charge in [0, 0.05) is 10.9 Å². The molecule has 2 atom stereocenters. The standard InChI is InChI=1S/C14H24N2S/c1-10(2)13(9-15)14(16-3)11-5-7-12(17-4)8-6-11/h5-8,10,13-14,16H,9,15H2,1-4H3. The molecule has 0 bridgehead atoms. The summed E-state index contributed by atoms with van der Waals surface area (Å²) in [5.41, 5.74) is 7.23. The second kappa shape index (κ2) is 7.04. The second-order valence-corrected chi connectivity index (χ2v) is 5.56. The van der Waals surface area contributed by atoms with Gasteiger partial charge in [0.25, 0.3) is 0 Å². The first-order valence-corrected chi connectivity index (χ1v) is 7.37. The van der Waals surface area contributed by atoms with Gasteiger partial charge in [0.1, 0.15) is 0 Å². The highest BCUT2D eigenvalue weighted by Crippen LogP contribution is 2.28. The third-order valence-corrected chi connectivity index (χ3v) is 4.09. The van der Waals surface area contributed by atoms with E-state index in [1.165, 1.54) is 10.5 Å². The van der Waals surface area contributed by atoms with Gasteiger partial charge in [-0.1, -0.05) is 26.0 Å². The van der Waals surface area contributed by atoms with E-state index in [0.717, 1.165) is 0 Å². The lowest BCUT2D eigenvalue weighted by Crippen LogP contribution is -2.33. The van der Waals surface area contributed by atoms with Crippen LogP contribution in [-0.2, 0) is 0 Å². The Morgan fingerprint density at radius 2 is 1.82 bits per heavy atom. The zero-order valence-electron chi connectivity index (χ0n) is 11.2. The lowest BCUT2D eigenvalue weighted by molar-refractivity contribution is 0.299. The minimum atomic E-state index is 0.343. The van der Waals surface area contributed by atoms with Crippen molar-refractivity contribution in [3.8, 4) is 0 Å². The van der Waals surface area contributed by atoms with Crippen LogP contribution in [0.15, 0.2) is 29.2 Å². The van der Waals surface area contributed by atoms with Crippen molar-refractivity contribution in [2.24, 2.45) is 17.6 Å². The molecule has 0 aliphatic heterocycles. The molecule has 3 N–H and O–H groups in total. The van der Waals surface area contributed by atoms with Crippen LogP contribution in [0.2, 0.25) is 0 Å². The molecule has 0 aliphatic rings. The van der Waals surface area contributed by atoms with Gasteiger partial charge >= 0.3 is 0 Å². The van der Waals surface area contributed by atoms with E-state index < -0.39 is 0 Å². The third kappa shape index (κ3) is 3.73. The van der Waals surface area contributed by atoms with E-state index in [9.17, 15) is 0 Å². The van der Waals surface area contributed by atoms with Gasteiger partial charge in [-0.25, -0.2) is 0 Å². The Labute approximate surface area is 109 Å². The molecule has 0 aliphatic carbocycles. The van der Waals surface area contributed by atoms with Crippen molar-refractivity contribution in [2.75, 3.05) is 19.8 Å². The van der Waals surface area contributed by atoms with E-state index in [-0.39, 0.29) is 0 Å². The fourth-order valence-electron chi connectivity index (χ4n) is 2.23. The van der Waals surface area contributed by atoms with Crippen molar-refractivity contribution < 1.29 is 0 Å². The van der Waals surface area contributed by atoms with Crippen LogP contribution in [0.25, 0.3) is 0 Å². The first-order chi connectivity index (χ1) is 8.13. The fraction of sp³-hybridized carbons (Fsp3) is 0.571. The quantitative estimate of drug-likeness (QED) is 0.765. The van der Waals surface area contributed by atoms with Gasteiger partial charge < -0.3 is 11.1 Å². The largest absolute Gasteiger partial charge is 0.330 e. The molecule has 1 aromatic carbocycles. The fourth-order valence-corrected chi connectivity index (χ4v) is 2.64. The van der Waals surface area contributed by atoms with Crippen molar-refractivity contribution in [3.63, 3.8) is 0 Å². The monoisotopic (exact) mass is 252 g/mol. The van der Waals surface area contributed by atoms with Crippen LogP contribution in [0.4, 0.5) is 0 Å². The van der Waals surface area contributed by atoms with Crippen molar-refractivity contribution in [1.82, 2.24) is 5.32 Å². The molecular weight excluding hydrogens is 228 g/mol. The van der Waals surface area contributed by atoms with Crippen molar-refractivity contribution in [1.29, 1.82) is 0 Å². The lowest BCUT2D eigenvalue weighted by Gasteiger charge is -2.29. The number of hydrogen-bond acceptors (Lipinski definition) is 3. The van der Waals surface area contributed by atoms with Gasteiger partial charge in [-0.15, -0.1) is 11.8 Å². The molecule has 0 saturated heterocycles.